The molecule has 0 fully saturated rings. The van der Waals surface area contributed by atoms with Crippen molar-refractivity contribution in [2.75, 3.05) is 11.9 Å². The molecule has 3 aromatic carbocycles. The summed E-state index contributed by atoms with van der Waals surface area (Å²) < 4.78 is 27.5. The van der Waals surface area contributed by atoms with Crippen LogP contribution in [-0.2, 0) is 21.4 Å². The van der Waals surface area contributed by atoms with Crippen molar-refractivity contribution < 1.29 is 13.2 Å². The van der Waals surface area contributed by atoms with E-state index in [1.54, 1.807) is 42.5 Å². The van der Waals surface area contributed by atoms with E-state index < -0.39 is 22.5 Å². The van der Waals surface area contributed by atoms with Gasteiger partial charge in [-0.15, -0.1) is 0 Å². The topological polar surface area (TPSA) is 66.5 Å². The highest BCUT2D eigenvalue weighted by Gasteiger charge is 2.27. The van der Waals surface area contributed by atoms with Gasteiger partial charge in [-0.05, 0) is 42.0 Å². The number of amides is 1. The summed E-state index contributed by atoms with van der Waals surface area (Å²) in [5.74, 6) is -0.548. The third-order valence-electron chi connectivity index (χ3n) is 4.20. The minimum atomic E-state index is -3.97. The average molecular weight is 484 g/mol. The lowest BCUT2D eigenvalue weighted by atomic mass is 10.2. The van der Waals surface area contributed by atoms with Gasteiger partial charge in [-0.2, -0.15) is 4.31 Å². The second-order valence-corrected chi connectivity index (χ2v) is 9.52. The minimum absolute atomic E-state index is 0.0164. The molecule has 1 N–H and O–H groups in total. The van der Waals surface area contributed by atoms with Crippen molar-refractivity contribution in [2.45, 2.75) is 11.4 Å². The lowest BCUT2D eigenvalue weighted by molar-refractivity contribution is -0.116. The molecular formula is C21H17Cl3N2O3S. The molecule has 0 saturated heterocycles. The van der Waals surface area contributed by atoms with Crippen LogP contribution in [0.25, 0.3) is 0 Å². The van der Waals surface area contributed by atoms with Gasteiger partial charge >= 0.3 is 0 Å². The van der Waals surface area contributed by atoms with E-state index in [0.29, 0.717) is 10.7 Å². The second-order valence-electron chi connectivity index (χ2n) is 6.36. The number of carbonyl (C=O) groups excluding carboxylic acids is 1. The first-order valence-electron chi connectivity index (χ1n) is 8.81. The monoisotopic (exact) mass is 482 g/mol. The van der Waals surface area contributed by atoms with Crippen LogP contribution in [0.5, 0.6) is 0 Å². The molecule has 0 spiro atoms. The highest BCUT2D eigenvalue weighted by Crippen LogP contribution is 2.29. The largest absolute Gasteiger partial charge is 0.324 e. The first kappa shape index (κ1) is 22.6. The Labute approximate surface area is 190 Å². The molecule has 0 heterocycles. The van der Waals surface area contributed by atoms with Crippen molar-refractivity contribution in [3.63, 3.8) is 0 Å². The Morgan fingerprint density at radius 1 is 0.867 bits per heavy atom. The van der Waals surface area contributed by atoms with Crippen LogP contribution >= 0.6 is 34.8 Å². The van der Waals surface area contributed by atoms with E-state index >= 15 is 0 Å². The smallest absolute Gasteiger partial charge is 0.243 e. The number of carbonyl (C=O) groups is 1. The Morgan fingerprint density at radius 3 is 2.20 bits per heavy atom. The number of halogens is 3. The van der Waals surface area contributed by atoms with Crippen molar-refractivity contribution in [1.82, 2.24) is 4.31 Å². The van der Waals surface area contributed by atoms with E-state index in [1.165, 1.54) is 24.3 Å². The van der Waals surface area contributed by atoms with Crippen LogP contribution < -0.4 is 5.32 Å². The van der Waals surface area contributed by atoms with Crippen LogP contribution in [0.15, 0.2) is 77.7 Å². The van der Waals surface area contributed by atoms with E-state index in [0.717, 1.165) is 9.87 Å². The number of hydrogen-bond donors (Lipinski definition) is 1. The molecule has 0 aromatic heterocycles. The molecule has 0 saturated carbocycles. The summed E-state index contributed by atoms with van der Waals surface area (Å²) in [6, 6.07) is 19.6. The van der Waals surface area contributed by atoms with Gasteiger partial charge < -0.3 is 5.32 Å². The van der Waals surface area contributed by atoms with Crippen LogP contribution in [0.3, 0.4) is 0 Å². The second kappa shape index (κ2) is 9.81. The first-order chi connectivity index (χ1) is 14.3. The normalized spacial score (nSPS) is 11.5. The number of nitrogens with one attached hydrogen (secondary N) is 1. The average Bonchev–Trinajstić information content (AvgIpc) is 2.72. The predicted molar refractivity (Wildman–Crippen MR) is 121 cm³/mol. The molecule has 0 aliphatic carbocycles. The molecule has 3 rings (SSSR count). The van der Waals surface area contributed by atoms with Crippen molar-refractivity contribution in [3.05, 3.63) is 93.4 Å². The van der Waals surface area contributed by atoms with Gasteiger partial charge in [0.05, 0.1) is 27.2 Å². The van der Waals surface area contributed by atoms with Crippen molar-refractivity contribution >= 4 is 56.4 Å². The van der Waals surface area contributed by atoms with Gasteiger partial charge in [-0.1, -0.05) is 71.2 Å². The Balaban J connectivity index is 1.88. The molecule has 0 bridgehead atoms. The lowest BCUT2D eigenvalue weighted by Crippen LogP contribution is -2.37. The molecule has 0 radical (unpaired) electrons. The van der Waals surface area contributed by atoms with E-state index in [4.69, 9.17) is 34.8 Å². The Kier molecular flexibility index (Phi) is 7.39. The fourth-order valence-electron chi connectivity index (χ4n) is 2.72. The number of nitrogens with zero attached hydrogens (tertiary/aromatic N) is 1. The standard InChI is InChI=1S/C21H17Cl3N2O3S/c22-16-9-11-17(12-10-16)30(28,29)26(13-15-5-2-1-3-6-15)14-20(27)25-19-8-4-7-18(23)21(19)24/h1-12H,13-14H2,(H,25,27). The number of benzene rings is 3. The zero-order chi connectivity index (χ0) is 21.7. The van der Waals surface area contributed by atoms with Crippen LogP contribution in [0, 0.1) is 0 Å². The van der Waals surface area contributed by atoms with E-state index in [1.807, 2.05) is 6.07 Å². The van der Waals surface area contributed by atoms with Crippen molar-refractivity contribution in [1.29, 1.82) is 0 Å². The van der Waals surface area contributed by atoms with Gasteiger partial charge in [0.15, 0.2) is 0 Å². The molecule has 30 heavy (non-hydrogen) atoms. The molecule has 1 amide bonds. The summed E-state index contributed by atoms with van der Waals surface area (Å²) in [6.45, 7) is -0.398. The molecule has 5 nitrogen and oxygen atoms in total. The van der Waals surface area contributed by atoms with E-state index in [-0.39, 0.29) is 21.5 Å². The first-order valence-corrected chi connectivity index (χ1v) is 11.4. The SMILES string of the molecule is O=C(CN(Cc1ccccc1)S(=O)(=O)c1ccc(Cl)cc1)Nc1cccc(Cl)c1Cl. The number of rotatable bonds is 7. The highest BCUT2D eigenvalue weighted by molar-refractivity contribution is 7.89. The summed E-state index contributed by atoms with van der Waals surface area (Å²) in [7, 11) is -3.97. The quantitative estimate of drug-likeness (QED) is 0.484. The van der Waals surface area contributed by atoms with E-state index in [2.05, 4.69) is 5.32 Å². The fourth-order valence-corrected chi connectivity index (χ4v) is 4.58. The van der Waals surface area contributed by atoms with Crippen LogP contribution in [0.2, 0.25) is 15.1 Å². The molecule has 3 aromatic rings. The van der Waals surface area contributed by atoms with Gasteiger partial charge in [-0.3, -0.25) is 4.79 Å². The van der Waals surface area contributed by atoms with Crippen LogP contribution in [-0.4, -0.2) is 25.2 Å². The molecule has 9 heteroatoms. The fraction of sp³-hybridized carbons (Fsp3) is 0.0952. The van der Waals surface area contributed by atoms with Gasteiger partial charge in [-0.25, -0.2) is 8.42 Å². The number of sulfonamides is 1. The maximum Gasteiger partial charge on any atom is 0.243 e. The third kappa shape index (κ3) is 5.53. The minimum Gasteiger partial charge on any atom is -0.324 e. The van der Waals surface area contributed by atoms with Crippen molar-refractivity contribution in [3.8, 4) is 0 Å². The van der Waals surface area contributed by atoms with Crippen molar-refractivity contribution in [2.24, 2.45) is 0 Å². The van der Waals surface area contributed by atoms with Crippen LogP contribution in [0.1, 0.15) is 5.56 Å². The van der Waals surface area contributed by atoms with E-state index in [9.17, 15) is 13.2 Å². The molecule has 0 aliphatic rings. The zero-order valence-electron chi connectivity index (χ0n) is 15.6. The summed E-state index contributed by atoms with van der Waals surface area (Å²) in [5.41, 5.74) is 1.04. The molecule has 0 aliphatic heterocycles. The van der Waals surface area contributed by atoms with Gasteiger partial charge in [0.25, 0.3) is 0 Å². The number of hydrogen-bond acceptors (Lipinski definition) is 3. The number of anilines is 1. The van der Waals surface area contributed by atoms with Crippen LogP contribution in [0.4, 0.5) is 5.69 Å². The maximum absolute atomic E-state index is 13.2. The Morgan fingerprint density at radius 2 is 1.53 bits per heavy atom. The summed E-state index contributed by atoms with van der Waals surface area (Å²) in [4.78, 5) is 12.7. The Bertz CT molecular complexity index is 1140. The van der Waals surface area contributed by atoms with Gasteiger partial charge in [0.2, 0.25) is 15.9 Å². The maximum atomic E-state index is 13.2. The lowest BCUT2D eigenvalue weighted by Gasteiger charge is -2.22. The third-order valence-corrected chi connectivity index (χ3v) is 7.08. The summed E-state index contributed by atoms with van der Waals surface area (Å²) in [6.07, 6.45) is 0. The van der Waals surface area contributed by atoms with Gasteiger partial charge in [0.1, 0.15) is 0 Å². The molecule has 156 valence electrons. The molecule has 0 atom stereocenters. The summed E-state index contributed by atoms with van der Waals surface area (Å²) in [5, 5.41) is 3.50. The molecular weight excluding hydrogens is 467 g/mol. The predicted octanol–water partition coefficient (Wildman–Crippen LogP) is 5.48. The molecule has 0 unspecified atom stereocenters. The Hall–Kier alpha value is -2.09. The van der Waals surface area contributed by atoms with Gasteiger partial charge in [0, 0.05) is 11.6 Å². The summed E-state index contributed by atoms with van der Waals surface area (Å²) >= 11 is 18.0. The highest BCUT2D eigenvalue weighted by atomic mass is 35.5. The zero-order valence-corrected chi connectivity index (χ0v) is 18.6.